The first-order valence-electron chi connectivity index (χ1n) is 10.8. The van der Waals surface area contributed by atoms with Crippen LogP contribution >= 0.6 is 0 Å². The van der Waals surface area contributed by atoms with Gasteiger partial charge in [-0.2, -0.15) is 0 Å². The Kier molecular flexibility index (Phi) is 3.78. The van der Waals surface area contributed by atoms with Gasteiger partial charge in [0.1, 0.15) is 0 Å². The normalized spacial score (nSPS) is 56.2. The van der Waals surface area contributed by atoms with E-state index in [0.717, 1.165) is 50.9 Å². The zero-order valence-electron chi connectivity index (χ0n) is 16.2. The van der Waals surface area contributed by atoms with E-state index in [2.05, 4.69) is 18.4 Å². The predicted molar refractivity (Wildman–Crippen MR) is 100 cm³/mol. The van der Waals surface area contributed by atoms with Crippen LogP contribution in [0, 0.1) is 34.0 Å². The number of hydrogen-bond acceptors (Lipinski definition) is 4. The monoisotopic (exact) mass is 361 g/mol. The van der Waals surface area contributed by atoms with E-state index in [9.17, 15) is 15.3 Å². The van der Waals surface area contributed by atoms with Gasteiger partial charge >= 0.3 is 0 Å². The van der Waals surface area contributed by atoms with Crippen molar-refractivity contribution in [3.05, 3.63) is 12.2 Å². The Morgan fingerprint density at radius 3 is 2.69 bits per heavy atom. The summed E-state index contributed by atoms with van der Waals surface area (Å²) in [5.41, 5.74) is 1.04. The second kappa shape index (κ2) is 5.56. The summed E-state index contributed by atoms with van der Waals surface area (Å²) in [6, 6.07) is 0. The molecule has 1 spiro atoms. The lowest BCUT2D eigenvalue weighted by Crippen LogP contribution is -2.74. The van der Waals surface area contributed by atoms with Crippen molar-refractivity contribution in [2.24, 2.45) is 34.0 Å². The molecular formula is C22H35NO3. The molecule has 0 aromatic carbocycles. The molecule has 1 aliphatic heterocycles. The van der Waals surface area contributed by atoms with Gasteiger partial charge in [0.2, 0.25) is 0 Å². The van der Waals surface area contributed by atoms with Gasteiger partial charge in [0.05, 0.1) is 18.8 Å². The van der Waals surface area contributed by atoms with Crippen molar-refractivity contribution < 1.29 is 15.3 Å². The number of aliphatic hydroxyl groups excluding tert-OH is 3. The average molecular weight is 362 g/mol. The molecule has 1 heterocycles. The van der Waals surface area contributed by atoms with Gasteiger partial charge in [0, 0.05) is 25.0 Å². The van der Waals surface area contributed by atoms with Gasteiger partial charge in [-0.3, -0.25) is 4.90 Å². The Hall–Kier alpha value is -0.420. The van der Waals surface area contributed by atoms with Crippen LogP contribution in [0.1, 0.15) is 51.9 Å². The van der Waals surface area contributed by atoms with Crippen LogP contribution in [0.2, 0.25) is 0 Å². The van der Waals surface area contributed by atoms with Crippen LogP contribution in [0.15, 0.2) is 12.2 Å². The highest BCUT2D eigenvalue weighted by Gasteiger charge is 2.72. The Morgan fingerprint density at radius 1 is 1.12 bits per heavy atom. The molecule has 6 fully saturated rings. The molecule has 0 aromatic rings. The molecule has 4 heteroatoms. The average Bonchev–Trinajstić information content (AvgIpc) is 2.60. The molecule has 8 atom stereocenters. The van der Waals surface area contributed by atoms with Crippen LogP contribution in [-0.4, -0.2) is 58.7 Å². The molecule has 6 aliphatic rings. The summed E-state index contributed by atoms with van der Waals surface area (Å²) in [5, 5.41) is 32.2. The number of fused-ring (bicyclic) bond motifs is 2. The highest BCUT2D eigenvalue weighted by molar-refractivity contribution is 5.29. The largest absolute Gasteiger partial charge is 0.395 e. The lowest BCUT2D eigenvalue weighted by Gasteiger charge is -2.73. The minimum Gasteiger partial charge on any atom is -0.395 e. The first-order chi connectivity index (χ1) is 12.4. The number of hydrogen-bond donors (Lipinski definition) is 3. The van der Waals surface area contributed by atoms with Crippen molar-refractivity contribution in [2.75, 3.05) is 26.2 Å². The third-order valence-corrected chi connectivity index (χ3v) is 9.70. The van der Waals surface area contributed by atoms with Crippen molar-refractivity contribution >= 4 is 0 Å². The summed E-state index contributed by atoms with van der Waals surface area (Å²) < 4.78 is 0. The summed E-state index contributed by atoms with van der Waals surface area (Å²) in [6.45, 7) is 9.72. The topological polar surface area (TPSA) is 63.9 Å². The number of aliphatic hydroxyl groups is 3. The van der Waals surface area contributed by atoms with Crippen molar-refractivity contribution in [3.8, 4) is 0 Å². The Bertz CT molecular complexity index is 623. The maximum absolute atomic E-state index is 11.4. The van der Waals surface area contributed by atoms with Gasteiger partial charge in [0.15, 0.2) is 0 Å². The highest BCUT2D eigenvalue weighted by atomic mass is 16.3. The molecule has 6 rings (SSSR count). The van der Waals surface area contributed by atoms with Crippen molar-refractivity contribution in [3.63, 3.8) is 0 Å². The fourth-order valence-electron chi connectivity index (χ4n) is 8.82. The second-order valence-electron chi connectivity index (χ2n) is 10.6. The number of nitrogens with zero attached hydrogens (tertiary/aromatic N) is 1. The number of rotatable bonds is 2. The molecule has 0 aromatic heterocycles. The van der Waals surface area contributed by atoms with Crippen molar-refractivity contribution in [2.45, 2.75) is 64.1 Å². The van der Waals surface area contributed by atoms with E-state index >= 15 is 0 Å². The molecular weight excluding hydrogens is 326 g/mol. The van der Waals surface area contributed by atoms with Crippen molar-refractivity contribution in [1.29, 1.82) is 0 Å². The summed E-state index contributed by atoms with van der Waals surface area (Å²) in [6.07, 6.45) is 6.77. The molecule has 1 saturated heterocycles. The Labute approximate surface area is 157 Å². The van der Waals surface area contributed by atoms with E-state index in [-0.39, 0.29) is 22.9 Å². The molecule has 5 unspecified atom stereocenters. The molecule has 4 bridgehead atoms. The summed E-state index contributed by atoms with van der Waals surface area (Å²) in [7, 11) is 0. The SMILES string of the molecule is C=C1C2CC[C@@]3(C1O)C(C2)C12CCCC(C)(CN(CCO)C1)[C@H]2C[C@@H]3O. The third kappa shape index (κ3) is 1.95. The molecule has 4 nitrogen and oxygen atoms in total. The minimum absolute atomic E-state index is 0.194. The van der Waals surface area contributed by atoms with Gasteiger partial charge in [0.25, 0.3) is 0 Å². The molecule has 5 saturated carbocycles. The lowest BCUT2D eigenvalue weighted by molar-refractivity contribution is -0.276. The zero-order valence-corrected chi connectivity index (χ0v) is 16.2. The van der Waals surface area contributed by atoms with E-state index in [0.29, 0.717) is 17.8 Å². The van der Waals surface area contributed by atoms with Crippen LogP contribution in [-0.2, 0) is 0 Å². The van der Waals surface area contributed by atoms with E-state index in [1.165, 1.54) is 19.3 Å². The fraction of sp³-hybridized carbons (Fsp3) is 0.909. The Balaban J connectivity index is 1.62. The highest BCUT2D eigenvalue weighted by Crippen LogP contribution is 2.73. The van der Waals surface area contributed by atoms with E-state index in [1.807, 2.05) is 0 Å². The first kappa shape index (κ1) is 17.7. The number of β-amino-alcohol motifs (C(OH)–C–C–N with tert-alkyl or cyclic N) is 1. The van der Waals surface area contributed by atoms with Crippen LogP contribution < -0.4 is 0 Å². The minimum atomic E-state index is -0.535. The van der Waals surface area contributed by atoms with E-state index in [1.54, 1.807) is 0 Å². The summed E-state index contributed by atoms with van der Waals surface area (Å²) in [4.78, 5) is 2.49. The van der Waals surface area contributed by atoms with Gasteiger partial charge in [-0.1, -0.05) is 19.9 Å². The van der Waals surface area contributed by atoms with Crippen LogP contribution in [0.5, 0.6) is 0 Å². The molecule has 26 heavy (non-hydrogen) atoms. The number of likely N-dealkylation sites (tertiary alicyclic amines) is 1. The maximum Gasteiger partial charge on any atom is 0.0834 e. The lowest BCUT2D eigenvalue weighted by atomic mass is 9.34. The molecule has 0 amide bonds. The van der Waals surface area contributed by atoms with Crippen LogP contribution in [0.4, 0.5) is 0 Å². The van der Waals surface area contributed by atoms with Crippen LogP contribution in [0.3, 0.4) is 0 Å². The van der Waals surface area contributed by atoms with Gasteiger partial charge in [-0.25, -0.2) is 0 Å². The molecule has 3 N–H and O–H groups in total. The molecule has 146 valence electrons. The quantitative estimate of drug-likeness (QED) is 0.660. The molecule has 0 radical (unpaired) electrons. The fourth-order valence-corrected chi connectivity index (χ4v) is 8.82. The predicted octanol–water partition coefficient (Wildman–Crippen LogP) is 2.19. The van der Waals surface area contributed by atoms with E-state index < -0.39 is 12.2 Å². The van der Waals surface area contributed by atoms with Gasteiger partial charge < -0.3 is 15.3 Å². The zero-order chi connectivity index (χ0) is 18.3. The van der Waals surface area contributed by atoms with Gasteiger partial charge in [-0.05, 0) is 72.7 Å². The van der Waals surface area contributed by atoms with E-state index in [4.69, 9.17) is 0 Å². The second-order valence-corrected chi connectivity index (χ2v) is 10.6. The number of piperidine rings is 1. The molecule has 5 aliphatic carbocycles. The summed E-state index contributed by atoms with van der Waals surface area (Å²) >= 11 is 0. The smallest absolute Gasteiger partial charge is 0.0834 e. The Morgan fingerprint density at radius 2 is 1.92 bits per heavy atom. The van der Waals surface area contributed by atoms with Crippen molar-refractivity contribution in [1.82, 2.24) is 4.90 Å². The third-order valence-electron chi connectivity index (χ3n) is 9.70. The first-order valence-corrected chi connectivity index (χ1v) is 10.8. The van der Waals surface area contributed by atoms with Gasteiger partial charge in [-0.15, -0.1) is 0 Å². The standard InChI is InChI=1S/C22H35NO3/c1-14-15-4-7-22(19(14)26)17(10-15)21-6-3-5-20(2,16(21)11-18(22)25)12-23(13-21)8-9-24/h15-19,24-26H,1,3-13H2,2H3/t15?,16-,17?,18+,19?,20?,21?,22-/m1/s1. The van der Waals surface area contributed by atoms with Crippen LogP contribution in [0.25, 0.3) is 0 Å². The maximum atomic E-state index is 11.4. The summed E-state index contributed by atoms with van der Waals surface area (Å²) in [5.74, 6) is 1.37.